The van der Waals surface area contributed by atoms with E-state index in [0.717, 1.165) is 17.5 Å². The number of rotatable bonds is 5. The summed E-state index contributed by atoms with van der Waals surface area (Å²) in [7, 11) is 0. The molecule has 1 amide bonds. The van der Waals surface area contributed by atoms with Crippen molar-refractivity contribution in [1.29, 1.82) is 0 Å². The number of hydrogen-bond donors (Lipinski definition) is 2. The van der Waals surface area contributed by atoms with Crippen molar-refractivity contribution in [2.75, 3.05) is 5.32 Å². The highest BCUT2D eigenvalue weighted by Crippen LogP contribution is 2.22. The molecule has 0 unspecified atom stereocenters. The Bertz CT molecular complexity index is 1360. The maximum Gasteiger partial charge on any atom is 0.261 e. The summed E-state index contributed by atoms with van der Waals surface area (Å²) in [6.45, 7) is 5.67. The number of carbonyl (C=O) groups excluding carboxylic acids is 1. The van der Waals surface area contributed by atoms with Crippen LogP contribution in [-0.4, -0.2) is 16.0 Å². The number of aryl methyl sites for hydroxylation is 3. The molecule has 162 valence electrons. The maximum atomic E-state index is 13.3. The summed E-state index contributed by atoms with van der Waals surface area (Å²) in [5, 5.41) is 13.3. The minimum Gasteiger partial charge on any atom is -0.436 e. The first-order chi connectivity index (χ1) is 15.5. The number of hydrogen-bond acceptors (Lipinski definition) is 5. The van der Waals surface area contributed by atoms with E-state index in [1.54, 1.807) is 12.3 Å². The number of carbonyl (C=O) groups is 1. The Hall–Kier alpha value is -3.77. The molecule has 4 rings (SSSR count). The third-order valence-corrected chi connectivity index (χ3v) is 5.32. The molecule has 0 bridgehead atoms. The molecule has 0 aliphatic carbocycles. The Morgan fingerprint density at radius 3 is 2.62 bits per heavy atom. The van der Waals surface area contributed by atoms with E-state index in [1.807, 2.05) is 62.4 Å². The minimum absolute atomic E-state index is 0.190. The lowest BCUT2D eigenvalue weighted by Gasteiger charge is -2.10. The Morgan fingerprint density at radius 2 is 1.91 bits per heavy atom. The number of nitrogens with one attached hydrogen (secondary N) is 1. The Morgan fingerprint density at radius 1 is 1.12 bits per heavy atom. The molecule has 6 nitrogen and oxygen atoms in total. The number of pyridine rings is 1. The first kappa shape index (κ1) is 21.5. The molecule has 2 aromatic carbocycles. The van der Waals surface area contributed by atoms with Crippen LogP contribution in [0, 0.1) is 13.8 Å². The summed E-state index contributed by atoms with van der Waals surface area (Å²) in [4.78, 5) is 22.2. The van der Waals surface area contributed by atoms with Crippen LogP contribution >= 0.6 is 0 Å². The van der Waals surface area contributed by atoms with Gasteiger partial charge in [-0.25, -0.2) is 4.99 Å². The Labute approximate surface area is 186 Å². The van der Waals surface area contributed by atoms with Crippen LogP contribution in [-0.2, 0) is 13.0 Å². The van der Waals surface area contributed by atoms with Gasteiger partial charge in [-0.05, 0) is 56.2 Å². The van der Waals surface area contributed by atoms with Gasteiger partial charge in [0, 0.05) is 22.8 Å². The van der Waals surface area contributed by atoms with Crippen molar-refractivity contribution in [2.45, 2.75) is 33.8 Å². The van der Waals surface area contributed by atoms with E-state index in [2.05, 4.69) is 22.2 Å². The molecule has 2 N–H and O–H groups in total. The molecule has 0 fully saturated rings. The van der Waals surface area contributed by atoms with Gasteiger partial charge >= 0.3 is 0 Å². The number of nitrogens with zero attached hydrogens (tertiary/aromatic N) is 2. The standard InChI is InChI=1S/C26H25N3O3/c1-4-18-6-5-7-21(12-18)29-26-23(25(31)28-20-10-8-16(2)9-11-20)13-22-19(15-30)14-27-17(3)24(22)32-26/h5-14,30H,4,15H2,1-3H3,(H,28,31). The first-order valence-corrected chi connectivity index (χ1v) is 10.5. The smallest absolute Gasteiger partial charge is 0.261 e. The molecule has 2 heterocycles. The predicted molar refractivity (Wildman–Crippen MR) is 125 cm³/mol. The van der Waals surface area contributed by atoms with Crippen LogP contribution < -0.4 is 10.9 Å². The van der Waals surface area contributed by atoms with Crippen molar-refractivity contribution >= 4 is 28.3 Å². The molecule has 0 aliphatic rings. The van der Waals surface area contributed by atoms with Crippen molar-refractivity contribution in [3.8, 4) is 0 Å². The largest absolute Gasteiger partial charge is 0.436 e. The number of aromatic nitrogens is 1. The fourth-order valence-electron chi connectivity index (χ4n) is 3.46. The monoisotopic (exact) mass is 427 g/mol. The molecule has 4 aromatic rings. The van der Waals surface area contributed by atoms with E-state index in [9.17, 15) is 9.90 Å². The van der Waals surface area contributed by atoms with Crippen LogP contribution in [0.3, 0.4) is 0 Å². The fraction of sp³-hybridized carbons (Fsp3) is 0.192. The van der Waals surface area contributed by atoms with Crippen molar-refractivity contribution in [1.82, 2.24) is 4.98 Å². The summed E-state index contributed by atoms with van der Waals surface area (Å²) in [6.07, 6.45) is 2.47. The SMILES string of the molecule is CCc1cccc(N=c2oc3c(C)ncc(CO)c3cc2C(=O)Nc2ccc(C)cc2)c1. The highest BCUT2D eigenvalue weighted by molar-refractivity contribution is 6.05. The van der Waals surface area contributed by atoms with E-state index in [0.29, 0.717) is 33.6 Å². The number of fused-ring (bicyclic) bond motifs is 1. The molecule has 0 spiro atoms. The molecule has 32 heavy (non-hydrogen) atoms. The van der Waals surface area contributed by atoms with Crippen LogP contribution in [0.25, 0.3) is 11.0 Å². The Balaban J connectivity index is 1.91. The minimum atomic E-state index is -0.344. The lowest BCUT2D eigenvalue weighted by molar-refractivity contribution is 0.102. The highest BCUT2D eigenvalue weighted by Gasteiger charge is 2.16. The van der Waals surface area contributed by atoms with Crippen molar-refractivity contribution in [2.24, 2.45) is 4.99 Å². The predicted octanol–water partition coefficient (Wildman–Crippen LogP) is 4.98. The summed E-state index contributed by atoms with van der Waals surface area (Å²) in [5.41, 5.74) is 5.81. The zero-order valence-electron chi connectivity index (χ0n) is 18.3. The van der Waals surface area contributed by atoms with E-state index in [4.69, 9.17) is 4.42 Å². The van der Waals surface area contributed by atoms with Crippen molar-refractivity contribution < 1.29 is 14.3 Å². The van der Waals surface area contributed by atoms with Crippen molar-refractivity contribution in [3.05, 3.63) is 94.3 Å². The Kier molecular flexibility index (Phi) is 6.14. The van der Waals surface area contributed by atoms with Crippen LogP contribution in [0.2, 0.25) is 0 Å². The van der Waals surface area contributed by atoms with Crippen LogP contribution in [0.1, 0.15) is 39.7 Å². The van der Waals surface area contributed by atoms with Gasteiger partial charge in [-0.1, -0.05) is 36.8 Å². The third kappa shape index (κ3) is 4.45. The zero-order chi connectivity index (χ0) is 22.7. The summed E-state index contributed by atoms with van der Waals surface area (Å²) in [5.74, 6) is -0.344. The van der Waals surface area contributed by atoms with Gasteiger partial charge in [0.25, 0.3) is 5.91 Å². The van der Waals surface area contributed by atoms with Gasteiger partial charge in [0.1, 0.15) is 5.56 Å². The molecular weight excluding hydrogens is 402 g/mol. The molecule has 2 aromatic heterocycles. The van der Waals surface area contributed by atoms with E-state index in [1.165, 1.54) is 0 Å². The van der Waals surface area contributed by atoms with Gasteiger partial charge in [0.15, 0.2) is 5.58 Å². The first-order valence-electron chi connectivity index (χ1n) is 10.5. The van der Waals surface area contributed by atoms with Crippen LogP contribution in [0.15, 0.2) is 70.2 Å². The second-order valence-corrected chi connectivity index (χ2v) is 7.69. The molecule has 0 radical (unpaired) electrons. The second-order valence-electron chi connectivity index (χ2n) is 7.69. The quantitative estimate of drug-likeness (QED) is 0.470. The number of benzene rings is 2. The number of aliphatic hydroxyl groups excluding tert-OH is 1. The number of anilines is 1. The van der Waals surface area contributed by atoms with Crippen molar-refractivity contribution in [3.63, 3.8) is 0 Å². The fourth-order valence-corrected chi connectivity index (χ4v) is 3.46. The molecule has 0 atom stereocenters. The molecular formula is C26H25N3O3. The molecule has 6 heteroatoms. The van der Waals surface area contributed by atoms with Gasteiger partial charge in [-0.2, -0.15) is 0 Å². The van der Waals surface area contributed by atoms with Crippen LogP contribution in [0.4, 0.5) is 11.4 Å². The van der Waals surface area contributed by atoms with Gasteiger partial charge < -0.3 is 14.8 Å². The third-order valence-electron chi connectivity index (χ3n) is 5.32. The average Bonchev–Trinajstić information content (AvgIpc) is 2.81. The average molecular weight is 428 g/mol. The second kappa shape index (κ2) is 9.16. The van der Waals surface area contributed by atoms with Gasteiger partial charge in [-0.15, -0.1) is 0 Å². The summed E-state index contributed by atoms with van der Waals surface area (Å²) < 4.78 is 6.12. The van der Waals surface area contributed by atoms with E-state index >= 15 is 0 Å². The van der Waals surface area contributed by atoms with Gasteiger partial charge in [-0.3, -0.25) is 9.78 Å². The van der Waals surface area contributed by atoms with Gasteiger partial charge in [0.2, 0.25) is 5.55 Å². The highest BCUT2D eigenvalue weighted by atomic mass is 16.3. The van der Waals surface area contributed by atoms with E-state index in [-0.39, 0.29) is 23.6 Å². The number of aliphatic hydroxyl groups is 1. The molecule has 0 aliphatic heterocycles. The lowest BCUT2D eigenvalue weighted by atomic mass is 10.1. The van der Waals surface area contributed by atoms with Crippen LogP contribution in [0.5, 0.6) is 0 Å². The maximum absolute atomic E-state index is 13.3. The normalized spacial score (nSPS) is 11.7. The zero-order valence-corrected chi connectivity index (χ0v) is 18.3. The molecule has 0 saturated heterocycles. The summed E-state index contributed by atoms with van der Waals surface area (Å²) in [6, 6.07) is 17.1. The lowest BCUT2D eigenvalue weighted by Crippen LogP contribution is -2.22. The molecule has 0 saturated carbocycles. The topological polar surface area (TPSA) is 87.7 Å². The van der Waals surface area contributed by atoms with Gasteiger partial charge in [0.05, 0.1) is 18.0 Å². The summed E-state index contributed by atoms with van der Waals surface area (Å²) >= 11 is 0. The van der Waals surface area contributed by atoms with E-state index < -0.39 is 0 Å². The number of amides is 1.